The van der Waals surface area contributed by atoms with E-state index in [0.717, 1.165) is 39.6 Å². The lowest BCUT2D eigenvalue weighted by molar-refractivity contribution is -0.154. The Kier molecular flexibility index (Phi) is 8.77. The molecule has 4 nitrogen and oxygen atoms in total. The third-order valence-electron chi connectivity index (χ3n) is 5.89. The molecule has 3 rings (SSSR count). The Morgan fingerprint density at radius 2 is 1.81 bits per heavy atom. The number of aliphatic carboxylic acids is 1. The number of ether oxygens (including phenoxy) is 1. The van der Waals surface area contributed by atoms with Gasteiger partial charge in [0.1, 0.15) is 10.8 Å². The highest BCUT2D eigenvalue weighted by atomic mass is 32.2. The van der Waals surface area contributed by atoms with Crippen LogP contribution in [-0.2, 0) is 11.0 Å². The predicted octanol–water partition coefficient (Wildman–Crippen LogP) is 8.71. The Morgan fingerprint density at radius 3 is 2.33 bits per heavy atom. The van der Waals surface area contributed by atoms with Crippen LogP contribution in [0.2, 0.25) is 0 Å². The fourth-order valence-corrected chi connectivity index (χ4v) is 6.44. The molecule has 0 aliphatic carbocycles. The van der Waals surface area contributed by atoms with Crippen LogP contribution in [-0.4, -0.2) is 21.7 Å². The van der Waals surface area contributed by atoms with Crippen molar-refractivity contribution in [3.8, 4) is 16.3 Å². The van der Waals surface area contributed by atoms with Crippen LogP contribution in [0.5, 0.6) is 5.75 Å². The van der Waals surface area contributed by atoms with Gasteiger partial charge in [-0.3, -0.25) is 0 Å². The van der Waals surface area contributed by atoms with Crippen LogP contribution in [0.1, 0.15) is 67.0 Å². The molecule has 1 aromatic heterocycles. The summed E-state index contributed by atoms with van der Waals surface area (Å²) in [6.07, 6.45) is -2.43. The van der Waals surface area contributed by atoms with E-state index in [2.05, 4.69) is 11.9 Å². The van der Waals surface area contributed by atoms with Gasteiger partial charge >= 0.3 is 12.1 Å². The van der Waals surface area contributed by atoms with Crippen molar-refractivity contribution in [2.75, 3.05) is 0 Å². The van der Waals surface area contributed by atoms with Crippen molar-refractivity contribution in [1.29, 1.82) is 0 Å². The van der Waals surface area contributed by atoms with Crippen LogP contribution in [0.4, 0.5) is 13.2 Å². The topological polar surface area (TPSA) is 59.4 Å². The second-order valence-corrected chi connectivity index (χ2v) is 11.2. The zero-order valence-corrected chi connectivity index (χ0v) is 22.5. The highest BCUT2D eigenvalue weighted by Crippen LogP contribution is 2.44. The van der Waals surface area contributed by atoms with Crippen LogP contribution in [0.25, 0.3) is 10.6 Å². The van der Waals surface area contributed by atoms with Crippen LogP contribution in [0, 0.1) is 13.8 Å². The number of benzene rings is 2. The molecular weight excluding hydrogens is 507 g/mol. The zero-order valence-electron chi connectivity index (χ0n) is 20.9. The maximum absolute atomic E-state index is 12.9. The molecule has 3 aromatic rings. The quantitative estimate of drug-likeness (QED) is 0.262. The number of rotatable bonds is 10. The molecule has 1 N–H and O–H groups in total. The molecule has 1 heterocycles. The molecule has 0 aliphatic rings. The van der Waals surface area contributed by atoms with Gasteiger partial charge in [0.2, 0.25) is 5.60 Å². The zero-order chi connectivity index (χ0) is 26.7. The van der Waals surface area contributed by atoms with Gasteiger partial charge in [-0.1, -0.05) is 32.4 Å². The summed E-state index contributed by atoms with van der Waals surface area (Å²) >= 11 is 3.18. The van der Waals surface area contributed by atoms with Crippen LogP contribution in [0.3, 0.4) is 0 Å². The maximum Gasteiger partial charge on any atom is 0.416 e. The maximum atomic E-state index is 12.9. The summed E-state index contributed by atoms with van der Waals surface area (Å²) in [5, 5.41) is 10.4. The molecule has 0 spiro atoms. The van der Waals surface area contributed by atoms with E-state index in [-0.39, 0.29) is 5.25 Å². The molecule has 0 aliphatic heterocycles. The summed E-state index contributed by atoms with van der Waals surface area (Å²) < 4.78 is 44.6. The molecule has 0 saturated heterocycles. The van der Waals surface area contributed by atoms with Crippen molar-refractivity contribution in [2.24, 2.45) is 0 Å². The molecule has 194 valence electrons. The lowest BCUT2D eigenvalue weighted by atomic mass is 10.0. The summed E-state index contributed by atoms with van der Waals surface area (Å²) in [5.74, 6) is -0.443. The average molecular weight is 538 g/mol. The molecule has 0 amide bonds. The summed E-state index contributed by atoms with van der Waals surface area (Å²) in [7, 11) is 0. The lowest BCUT2D eigenvalue weighted by Crippen LogP contribution is -2.41. The Balaban J connectivity index is 1.80. The van der Waals surface area contributed by atoms with Gasteiger partial charge in [0.15, 0.2) is 0 Å². The fourth-order valence-electron chi connectivity index (χ4n) is 3.85. The first kappa shape index (κ1) is 28.1. The largest absolute Gasteiger partial charge is 0.478 e. The molecule has 9 heteroatoms. The molecule has 0 bridgehead atoms. The number of aryl methyl sites for hydroxylation is 2. The lowest BCUT2D eigenvalue weighted by Gasteiger charge is -2.27. The van der Waals surface area contributed by atoms with E-state index in [1.807, 2.05) is 39.0 Å². The molecule has 36 heavy (non-hydrogen) atoms. The standard InChI is InChI=1S/C27H30F3NO3S2/c1-6-14-26(5,25(32)33)34-21-13-12-20(15-16(21)3)35-22(7-2)23-17(4)31-24(36-23)18-8-10-19(11-9-18)27(28,29)30/h8-13,15,22H,6-7,14H2,1-5H3,(H,32,33). The van der Waals surface area contributed by atoms with Gasteiger partial charge in [-0.05, 0) is 69.5 Å². The van der Waals surface area contributed by atoms with E-state index in [4.69, 9.17) is 4.74 Å². The van der Waals surface area contributed by atoms with E-state index in [9.17, 15) is 23.1 Å². The summed E-state index contributed by atoms with van der Waals surface area (Å²) in [5.41, 5.74) is 0.415. The van der Waals surface area contributed by atoms with E-state index in [1.54, 1.807) is 18.7 Å². The van der Waals surface area contributed by atoms with Gasteiger partial charge in [-0.2, -0.15) is 13.2 Å². The predicted molar refractivity (Wildman–Crippen MR) is 139 cm³/mol. The van der Waals surface area contributed by atoms with Crippen molar-refractivity contribution in [3.63, 3.8) is 0 Å². The SMILES string of the molecule is CCCC(C)(Oc1ccc(SC(CC)c2sc(-c3ccc(C(F)(F)F)cc3)nc2C)cc1C)C(=O)O. The fraction of sp³-hybridized carbons (Fsp3) is 0.407. The number of aromatic nitrogens is 1. The number of thioether (sulfide) groups is 1. The van der Waals surface area contributed by atoms with Crippen molar-refractivity contribution in [1.82, 2.24) is 4.98 Å². The summed E-state index contributed by atoms with van der Waals surface area (Å²) in [6.45, 7) is 9.42. The molecule has 0 saturated carbocycles. The van der Waals surface area contributed by atoms with Crippen molar-refractivity contribution in [3.05, 3.63) is 64.2 Å². The Morgan fingerprint density at radius 1 is 1.14 bits per heavy atom. The monoisotopic (exact) mass is 537 g/mol. The summed E-state index contributed by atoms with van der Waals surface area (Å²) in [6, 6.07) is 10.8. The van der Waals surface area contributed by atoms with Crippen LogP contribution < -0.4 is 4.74 Å². The second kappa shape index (κ2) is 11.3. The molecular formula is C27H30F3NO3S2. The Hall–Kier alpha value is -2.52. The normalized spacial score (nSPS) is 14.3. The third-order valence-corrected chi connectivity index (χ3v) is 8.74. The van der Waals surface area contributed by atoms with Gasteiger partial charge in [0.25, 0.3) is 0 Å². The summed E-state index contributed by atoms with van der Waals surface area (Å²) in [4.78, 5) is 18.5. The van der Waals surface area contributed by atoms with Gasteiger partial charge in [0.05, 0.1) is 11.3 Å². The number of hydrogen-bond acceptors (Lipinski definition) is 5. The molecule has 2 unspecified atom stereocenters. The van der Waals surface area contributed by atoms with Gasteiger partial charge in [-0.15, -0.1) is 23.1 Å². The number of alkyl halides is 3. The number of hydrogen-bond donors (Lipinski definition) is 1. The Bertz CT molecular complexity index is 1210. The molecule has 2 aromatic carbocycles. The first-order valence-electron chi connectivity index (χ1n) is 11.7. The molecule has 2 atom stereocenters. The van der Waals surface area contributed by atoms with Gasteiger partial charge < -0.3 is 9.84 Å². The highest BCUT2D eigenvalue weighted by Gasteiger charge is 2.35. The van der Waals surface area contributed by atoms with Crippen molar-refractivity contribution in [2.45, 2.75) is 75.8 Å². The third kappa shape index (κ3) is 6.42. The van der Waals surface area contributed by atoms with Crippen molar-refractivity contribution >= 4 is 29.1 Å². The highest BCUT2D eigenvalue weighted by molar-refractivity contribution is 7.99. The number of carboxylic acids is 1. The van der Waals surface area contributed by atoms with E-state index in [0.29, 0.717) is 29.2 Å². The minimum absolute atomic E-state index is 0.112. The number of thiazole rings is 1. The van der Waals surface area contributed by atoms with Crippen LogP contribution in [0.15, 0.2) is 47.4 Å². The number of carboxylic acid groups (broad SMARTS) is 1. The first-order chi connectivity index (χ1) is 16.9. The van der Waals surface area contributed by atoms with Gasteiger partial charge in [-0.25, -0.2) is 9.78 Å². The second-order valence-electron chi connectivity index (χ2n) is 8.87. The number of halogens is 3. The molecule has 0 radical (unpaired) electrons. The number of carbonyl (C=O) groups is 1. The number of nitrogens with zero attached hydrogens (tertiary/aromatic N) is 1. The Labute approximate surface area is 217 Å². The van der Waals surface area contributed by atoms with Gasteiger partial charge in [0, 0.05) is 20.6 Å². The minimum atomic E-state index is -4.37. The van der Waals surface area contributed by atoms with E-state index >= 15 is 0 Å². The smallest absolute Gasteiger partial charge is 0.416 e. The minimum Gasteiger partial charge on any atom is -0.478 e. The molecule has 0 fully saturated rings. The van der Waals surface area contributed by atoms with E-state index in [1.165, 1.54) is 23.5 Å². The van der Waals surface area contributed by atoms with Crippen molar-refractivity contribution < 1.29 is 27.8 Å². The van der Waals surface area contributed by atoms with E-state index < -0.39 is 23.3 Å². The first-order valence-corrected chi connectivity index (χ1v) is 13.4. The average Bonchev–Trinajstić information content (AvgIpc) is 3.20. The van der Waals surface area contributed by atoms with Crippen LogP contribution >= 0.6 is 23.1 Å².